The van der Waals surface area contributed by atoms with Gasteiger partial charge in [-0.05, 0) is 25.3 Å². The van der Waals surface area contributed by atoms with Gasteiger partial charge in [-0.3, -0.25) is 0 Å². The molecular weight excluding hydrogens is 141 g/mol. The van der Waals surface area contributed by atoms with Crippen LogP contribution < -0.4 is 5.32 Å². The zero-order valence-corrected chi connectivity index (χ0v) is 6.16. The van der Waals surface area contributed by atoms with E-state index in [1.807, 2.05) is 0 Å². The van der Waals surface area contributed by atoms with Gasteiger partial charge in [0.25, 0.3) is 0 Å². The summed E-state index contributed by atoms with van der Waals surface area (Å²) in [5.74, 6) is -0.994. The lowest BCUT2D eigenvalue weighted by molar-refractivity contribution is -0.133. The highest BCUT2D eigenvalue weighted by Gasteiger charge is 2.27. The fourth-order valence-electron chi connectivity index (χ4n) is 0.910. The molecule has 0 bridgehead atoms. The Morgan fingerprint density at radius 1 is 1.82 bits per heavy atom. The van der Waals surface area contributed by atoms with Crippen molar-refractivity contribution >= 4 is 13.8 Å². The van der Waals surface area contributed by atoms with Crippen LogP contribution in [0.4, 0.5) is 0 Å². The molecule has 0 saturated heterocycles. The minimum atomic E-state index is -0.994. The molecule has 1 rings (SSSR count). The van der Waals surface area contributed by atoms with Crippen LogP contribution in [0.5, 0.6) is 0 Å². The normalized spacial score (nSPS) is 29.0. The first-order valence-electron chi connectivity index (χ1n) is 3.21. The van der Waals surface area contributed by atoms with Crippen molar-refractivity contribution in [2.24, 2.45) is 0 Å². The van der Waals surface area contributed by atoms with Gasteiger partial charge in [-0.25, -0.2) is 4.79 Å². The van der Waals surface area contributed by atoms with E-state index in [4.69, 9.17) is 13.0 Å². The van der Waals surface area contributed by atoms with Crippen molar-refractivity contribution in [1.82, 2.24) is 5.32 Å². The highest BCUT2D eigenvalue weighted by molar-refractivity contribution is 6.21. The van der Waals surface area contributed by atoms with Gasteiger partial charge >= 0.3 is 5.97 Å². The Kier molecular flexibility index (Phi) is 1.77. The van der Waals surface area contributed by atoms with E-state index in [9.17, 15) is 4.79 Å². The summed E-state index contributed by atoms with van der Waals surface area (Å²) in [5.41, 5.74) is -0.791. The first kappa shape index (κ1) is 7.92. The van der Waals surface area contributed by atoms with Crippen LogP contribution in [-0.4, -0.2) is 24.4 Å². The van der Waals surface area contributed by atoms with Crippen molar-refractivity contribution in [1.29, 1.82) is 0 Å². The van der Waals surface area contributed by atoms with E-state index in [1.165, 1.54) is 6.08 Å². The second-order valence-corrected chi connectivity index (χ2v) is 2.59. The number of dihydropyridines is 1. The Morgan fingerprint density at radius 3 is 2.82 bits per heavy atom. The number of carbonyl (C=O) groups is 1. The van der Waals surface area contributed by atoms with Gasteiger partial charge in [0.05, 0.1) is 5.57 Å². The molecule has 0 aliphatic carbocycles. The zero-order valence-electron chi connectivity index (χ0n) is 6.16. The van der Waals surface area contributed by atoms with E-state index in [-0.39, 0.29) is 5.57 Å². The lowest BCUT2D eigenvalue weighted by atomic mass is 9.72. The molecule has 0 fully saturated rings. The molecule has 2 radical (unpaired) electrons. The third kappa shape index (κ3) is 1.45. The predicted molar refractivity (Wildman–Crippen MR) is 42.2 cm³/mol. The molecule has 56 valence electrons. The van der Waals surface area contributed by atoms with Crippen LogP contribution in [-0.2, 0) is 4.79 Å². The van der Waals surface area contributed by atoms with Crippen LogP contribution in [0.25, 0.3) is 0 Å². The third-order valence-corrected chi connectivity index (χ3v) is 1.53. The first-order chi connectivity index (χ1) is 5.04. The molecule has 1 atom stereocenters. The van der Waals surface area contributed by atoms with Gasteiger partial charge in [0, 0.05) is 5.44 Å². The van der Waals surface area contributed by atoms with Gasteiger partial charge in [0.1, 0.15) is 7.85 Å². The standard InChI is InChI=1S/C7H8BNO2/c1-7(8)5(6(10)11)3-2-4-9-7/h2-4,9H,1H3,(H,10,11). The highest BCUT2D eigenvalue weighted by atomic mass is 16.4. The van der Waals surface area contributed by atoms with Crippen molar-refractivity contribution in [3.63, 3.8) is 0 Å². The average Bonchev–Trinajstić information content (AvgIpc) is 1.85. The van der Waals surface area contributed by atoms with Gasteiger partial charge < -0.3 is 10.4 Å². The Hall–Kier alpha value is -1.19. The van der Waals surface area contributed by atoms with Gasteiger partial charge in [-0.15, -0.1) is 0 Å². The molecule has 2 N–H and O–H groups in total. The van der Waals surface area contributed by atoms with E-state index in [2.05, 4.69) is 5.32 Å². The van der Waals surface area contributed by atoms with Gasteiger partial charge in [-0.2, -0.15) is 0 Å². The van der Waals surface area contributed by atoms with Crippen LogP contribution in [0.3, 0.4) is 0 Å². The summed E-state index contributed by atoms with van der Waals surface area (Å²) in [5, 5.41) is 11.4. The van der Waals surface area contributed by atoms with Gasteiger partial charge in [-0.1, -0.05) is 0 Å². The summed E-state index contributed by atoms with van der Waals surface area (Å²) >= 11 is 0. The molecule has 0 spiro atoms. The van der Waals surface area contributed by atoms with Gasteiger partial charge in [0.15, 0.2) is 0 Å². The lowest BCUT2D eigenvalue weighted by Gasteiger charge is -2.28. The molecule has 1 aliphatic rings. The molecule has 0 saturated carbocycles. The quantitative estimate of drug-likeness (QED) is 0.515. The monoisotopic (exact) mass is 149 g/mol. The number of carboxylic acid groups (broad SMARTS) is 1. The van der Waals surface area contributed by atoms with Crippen LogP contribution in [0.15, 0.2) is 23.9 Å². The minimum Gasteiger partial charge on any atom is -0.478 e. The van der Waals surface area contributed by atoms with E-state index in [0.29, 0.717) is 0 Å². The molecule has 0 aromatic heterocycles. The molecule has 1 aliphatic heterocycles. The molecule has 1 heterocycles. The minimum absolute atomic E-state index is 0.167. The summed E-state index contributed by atoms with van der Waals surface area (Å²) in [7, 11) is 5.61. The number of nitrogens with one attached hydrogen (secondary N) is 1. The molecule has 0 aromatic rings. The van der Waals surface area contributed by atoms with Crippen LogP contribution in [0.1, 0.15) is 6.92 Å². The number of hydrogen-bond donors (Lipinski definition) is 2. The summed E-state index contributed by atoms with van der Waals surface area (Å²) in [6, 6.07) is 0. The highest BCUT2D eigenvalue weighted by Crippen LogP contribution is 2.15. The summed E-state index contributed by atoms with van der Waals surface area (Å²) < 4.78 is 0. The smallest absolute Gasteiger partial charge is 0.333 e. The first-order valence-corrected chi connectivity index (χ1v) is 3.21. The maximum absolute atomic E-state index is 10.5. The number of hydrogen-bond acceptors (Lipinski definition) is 2. The Labute approximate surface area is 66.2 Å². The van der Waals surface area contributed by atoms with Crippen molar-refractivity contribution in [2.75, 3.05) is 0 Å². The number of aliphatic carboxylic acids is 1. The summed E-state index contributed by atoms with van der Waals surface area (Å²) in [6.07, 6.45) is 4.71. The number of allylic oxidation sites excluding steroid dienone is 2. The molecule has 3 nitrogen and oxygen atoms in total. The van der Waals surface area contributed by atoms with E-state index in [1.54, 1.807) is 19.2 Å². The van der Waals surface area contributed by atoms with Crippen molar-refractivity contribution < 1.29 is 9.90 Å². The van der Waals surface area contributed by atoms with Crippen molar-refractivity contribution in [3.8, 4) is 0 Å². The van der Waals surface area contributed by atoms with Crippen LogP contribution in [0.2, 0.25) is 0 Å². The van der Waals surface area contributed by atoms with Gasteiger partial charge in [0.2, 0.25) is 0 Å². The van der Waals surface area contributed by atoms with E-state index >= 15 is 0 Å². The van der Waals surface area contributed by atoms with E-state index < -0.39 is 11.4 Å². The predicted octanol–water partition coefficient (Wildman–Crippen LogP) is -0.00100. The van der Waals surface area contributed by atoms with Crippen molar-refractivity contribution in [2.45, 2.75) is 12.4 Å². The molecule has 11 heavy (non-hydrogen) atoms. The third-order valence-electron chi connectivity index (χ3n) is 1.53. The largest absolute Gasteiger partial charge is 0.478 e. The molecule has 1 unspecified atom stereocenters. The fraction of sp³-hybridized carbons (Fsp3) is 0.286. The van der Waals surface area contributed by atoms with E-state index in [0.717, 1.165) is 0 Å². The number of rotatable bonds is 1. The summed E-state index contributed by atoms with van der Waals surface area (Å²) in [6.45, 7) is 1.61. The summed E-state index contributed by atoms with van der Waals surface area (Å²) in [4.78, 5) is 10.5. The molecule has 0 aromatic carbocycles. The second kappa shape index (κ2) is 2.45. The fourth-order valence-corrected chi connectivity index (χ4v) is 0.910. The molecule has 4 heteroatoms. The maximum Gasteiger partial charge on any atom is 0.333 e. The zero-order chi connectivity index (χ0) is 8.48. The molecule has 0 amide bonds. The Balaban J connectivity index is 2.97. The SMILES string of the molecule is [B]C1(C)NC=CC=C1C(=O)O. The molecular formula is C7H8BNO2. The lowest BCUT2D eigenvalue weighted by Crippen LogP contribution is -2.45. The Bertz CT molecular complexity index is 243. The maximum atomic E-state index is 10.5. The topological polar surface area (TPSA) is 49.3 Å². The van der Waals surface area contributed by atoms with Crippen LogP contribution in [0, 0.1) is 0 Å². The average molecular weight is 149 g/mol. The van der Waals surface area contributed by atoms with Crippen LogP contribution >= 0.6 is 0 Å². The Morgan fingerprint density at radius 2 is 2.45 bits per heavy atom. The van der Waals surface area contributed by atoms with Crippen molar-refractivity contribution in [3.05, 3.63) is 23.9 Å². The second-order valence-electron chi connectivity index (χ2n) is 2.59. The number of carboxylic acids is 1.